The standard InChI is InChI=1S/C17H30ClN3/c1-7-9-11-13(10-8-2)19-15-12(3)14(18)20-16(21-15)17(4,5)6/h13H,7-11H2,1-6H3,(H,19,20,21). The van der Waals surface area contributed by atoms with Crippen molar-refractivity contribution in [3.05, 3.63) is 16.5 Å². The maximum Gasteiger partial charge on any atom is 0.137 e. The van der Waals surface area contributed by atoms with Crippen LogP contribution in [0.15, 0.2) is 0 Å². The first-order valence-electron chi connectivity index (χ1n) is 8.10. The number of aromatic nitrogens is 2. The van der Waals surface area contributed by atoms with Crippen molar-refractivity contribution in [2.24, 2.45) is 0 Å². The molecule has 0 amide bonds. The molecule has 1 unspecified atom stereocenters. The molecule has 1 atom stereocenters. The maximum atomic E-state index is 6.30. The van der Waals surface area contributed by atoms with Crippen LogP contribution >= 0.6 is 11.6 Å². The van der Waals surface area contributed by atoms with E-state index in [9.17, 15) is 0 Å². The summed E-state index contributed by atoms with van der Waals surface area (Å²) in [5, 5.41) is 4.16. The highest BCUT2D eigenvalue weighted by molar-refractivity contribution is 6.30. The molecule has 0 radical (unpaired) electrons. The Morgan fingerprint density at radius 1 is 1.10 bits per heavy atom. The Labute approximate surface area is 134 Å². The van der Waals surface area contributed by atoms with E-state index in [-0.39, 0.29) is 5.41 Å². The first kappa shape index (κ1) is 18.2. The molecule has 1 aromatic heterocycles. The zero-order valence-corrected chi connectivity index (χ0v) is 15.1. The Morgan fingerprint density at radius 3 is 2.29 bits per heavy atom. The molecule has 1 heterocycles. The summed E-state index contributed by atoms with van der Waals surface area (Å²) < 4.78 is 0. The quantitative estimate of drug-likeness (QED) is 0.675. The molecule has 1 N–H and O–H groups in total. The highest BCUT2D eigenvalue weighted by Gasteiger charge is 2.21. The molecule has 21 heavy (non-hydrogen) atoms. The van der Waals surface area contributed by atoms with E-state index in [1.54, 1.807) is 0 Å². The SMILES string of the molecule is CCCCC(CCC)Nc1nc(C(C)(C)C)nc(Cl)c1C. The minimum Gasteiger partial charge on any atom is -0.367 e. The molecule has 0 aromatic carbocycles. The van der Waals surface area contributed by atoms with Crippen molar-refractivity contribution < 1.29 is 0 Å². The molecule has 0 saturated carbocycles. The molecule has 0 aliphatic heterocycles. The van der Waals surface area contributed by atoms with Gasteiger partial charge in [-0.2, -0.15) is 0 Å². The van der Waals surface area contributed by atoms with Crippen molar-refractivity contribution in [3.63, 3.8) is 0 Å². The van der Waals surface area contributed by atoms with E-state index in [1.807, 2.05) is 6.92 Å². The third-order valence-corrected chi connectivity index (χ3v) is 4.01. The molecule has 3 nitrogen and oxygen atoms in total. The number of unbranched alkanes of at least 4 members (excludes halogenated alkanes) is 1. The molecule has 1 aromatic rings. The Bertz CT molecular complexity index is 452. The summed E-state index contributed by atoms with van der Waals surface area (Å²) in [4.78, 5) is 9.16. The van der Waals surface area contributed by atoms with Crippen LogP contribution in [0, 0.1) is 6.92 Å². The lowest BCUT2D eigenvalue weighted by Gasteiger charge is -2.23. The lowest BCUT2D eigenvalue weighted by atomic mass is 9.95. The predicted octanol–water partition coefficient (Wildman–Crippen LogP) is 5.51. The van der Waals surface area contributed by atoms with Crippen molar-refractivity contribution in [1.82, 2.24) is 9.97 Å². The van der Waals surface area contributed by atoms with E-state index < -0.39 is 0 Å². The van der Waals surface area contributed by atoms with E-state index in [0.29, 0.717) is 11.2 Å². The second-order valence-corrected chi connectivity index (χ2v) is 7.19. The van der Waals surface area contributed by atoms with Crippen molar-refractivity contribution >= 4 is 17.4 Å². The summed E-state index contributed by atoms with van der Waals surface area (Å²) in [5.74, 6) is 1.70. The lowest BCUT2D eigenvalue weighted by molar-refractivity contribution is 0.539. The Balaban J connectivity index is 3.01. The summed E-state index contributed by atoms with van der Waals surface area (Å²) in [6.07, 6.45) is 5.97. The smallest absolute Gasteiger partial charge is 0.137 e. The summed E-state index contributed by atoms with van der Waals surface area (Å²) in [6, 6.07) is 0.465. The molecule has 0 bridgehead atoms. The van der Waals surface area contributed by atoms with Gasteiger partial charge in [0.05, 0.1) is 0 Å². The Kier molecular flexibility index (Phi) is 6.92. The number of hydrogen-bond acceptors (Lipinski definition) is 3. The van der Waals surface area contributed by atoms with Gasteiger partial charge in [0.15, 0.2) is 0 Å². The second-order valence-electron chi connectivity index (χ2n) is 6.83. The van der Waals surface area contributed by atoms with Gasteiger partial charge in [-0.15, -0.1) is 0 Å². The number of hydrogen-bond donors (Lipinski definition) is 1. The number of nitrogens with one attached hydrogen (secondary N) is 1. The van der Waals surface area contributed by atoms with Crippen LogP contribution in [0.25, 0.3) is 0 Å². The predicted molar refractivity (Wildman–Crippen MR) is 92.3 cm³/mol. The first-order valence-corrected chi connectivity index (χ1v) is 8.48. The largest absolute Gasteiger partial charge is 0.367 e. The third-order valence-electron chi connectivity index (χ3n) is 3.64. The maximum absolute atomic E-state index is 6.30. The molecule has 0 aliphatic rings. The van der Waals surface area contributed by atoms with Gasteiger partial charge >= 0.3 is 0 Å². The summed E-state index contributed by atoms with van der Waals surface area (Å²) in [5.41, 5.74) is 0.847. The Hall–Kier alpha value is -0.830. The van der Waals surface area contributed by atoms with E-state index in [2.05, 4.69) is 44.9 Å². The van der Waals surface area contributed by atoms with Crippen LogP contribution in [0.3, 0.4) is 0 Å². The molecule has 0 spiro atoms. The van der Waals surface area contributed by atoms with Crippen LogP contribution in [0.2, 0.25) is 5.15 Å². The minimum atomic E-state index is -0.0998. The van der Waals surface area contributed by atoms with Gasteiger partial charge in [-0.05, 0) is 19.8 Å². The molecule has 0 saturated heterocycles. The molecular formula is C17H30ClN3. The fourth-order valence-electron chi connectivity index (χ4n) is 2.25. The molecular weight excluding hydrogens is 282 g/mol. The van der Waals surface area contributed by atoms with Crippen molar-refractivity contribution in [3.8, 4) is 0 Å². The van der Waals surface area contributed by atoms with Gasteiger partial charge in [0.2, 0.25) is 0 Å². The van der Waals surface area contributed by atoms with Crippen LogP contribution in [0.4, 0.5) is 5.82 Å². The van der Waals surface area contributed by atoms with Gasteiger partial charge in [0.25, 0.3) is 0 Å². The van der Waals surface area contributed by atoms with Gasteiger partial charge in [-0.1, -0.05) is 65.5 Å². The van der Waals surface area contributed by atoms with Crippen molar-refractivity contribution in [2.75, 3.05) is 5.32 Å². The topological polar surface area (TPSA) is 37.8 Å². The number of rotatable bonds is 7. The molecule has 4 heteroatoms. The number of halogens is 1. The van der Waals surface area contributed by atoms with Gasteiger partial charge in [-0.25, -0.2) is 9.97 Å². The molecule has 0 aliphatic carbocycles. The zero-order chi connectivity index (χ0) is 16.0. The highest BCUT2D eigenvalue weighted by atomic mass is 35.5. The average molecular weight is 312 g/mol. The van der Waals surface area contributed by atoms with Gasteiger partial charge < -0.3 is 5.32 Å². The van der Waals surface area contributed by atoms with Crippen LogP contribution in [-0.4, -0.2) is 16.0 Å². The zero-order valence-electron chi connectivity index (χ0n) is 14.4. The number of anilines is 1. The lowest BCUT2D eigenvalue weighted by Crippen LogP contribution is -2.23. The van der Waals surface area contributed by atoms with E-state index in [1.165, 1.54) is 25.7 Å². The van der Waals surface area contributed by atoms with Crippen LogP contribution in [0.1, 0.15) is 78.1 Å². The van der Waals surface area contributed by atoms with Crippen LogP contribution in [0.5, 0.6) is 0 Å². The second kappa shape index (κ2) is 7.98. The normalized spacial score (nSPS) is 13.3. The van der Waals surface area contributed by atoms with Crippen molar-refractivity contribution in [2.45, 2.75) is 85.1 Å². The molecule has 120 valence electrons. The summed E-state index contributed by atoms with van der Waals surface area (Å²) in [6.45, 7) is 12.8. The van der Waals surface area contributed by atoms with Crippen LogP contribution < -0.4 is 5.32 Å². The number of nitrogens with zero attached hydrogens (tertiary/aromatic N) is 2. The summed E-state index contributed by atoms with van der Waals surface area (Å²) >= 11 is 6.30. The van der Waals surface area contributed by atoms with Gasteiger partial charge in [0.1, 0.15) is 16.8 Å². The average Bonchev–Trinajstić information content (AvgIpc) is 2.39. The fraction of sp³-hybridized carbons (Fsp3) is 0.765. The third kappa shape index (κ3) is 5.46. The Morgan fingerprint density at radius 2 is 1.76 bits per heavy atom. The van der Waals surface area contributed by atoms with Crippen LogP contribution in [-0.2, 0) is 5.41 Å². The van der Waals surface area contributed by atoms with Gasteiger partial charge in [0, 0.05) is 17.0 Å². The van der Waals surface area contributed by atoms with E-state index >= 15 is 0 Å². The minimum absolute atomic E-state index is 0.0998. The van der Waals surface area contributed by atoms with Gasteiger partial charge in [-0.3, -0.25) is 0 Å². The van der Waals surface area contributed by atoms with Crippen molar-refractivity contribution in [1.29, 1.82) is 0 Å². The highest BCUT2D eigenvalue weighted by Crippen LogP contribution is 2.27. The summed E-state index contributed by atoms with van der Waals surface area (Å²) in [7, 11) is 0. The monoisotopic (exact) mass is 311 g/mol. The van der Waals surface area contributed by atoms with E-state index in [0.717, 1.165) is 23.6 Å². The van der Waals surface area contributed by atoms with E-state index in [4.69, 9.17) is 16.6 Å². The fourth-order valence-corrected chi connectivity index (χ4v) is 2.42. The first-order chi connectivity index (χ1) is 9.79. The molecule has 1 rings (SSSR count). The molecule has 0 fully saturated rings.